The van der Waals surface area contributed by atoms with Crippen LogP contribution >= 0.6 is 11.3 Å². The third kappa shape index (κ3) is 2.96. The van der Waals surface area contributed by atoms with E-state index in [1.807, 2.05) is 24.4 Å². The Balaban J connectivity index is 2.18. The van der Waals surface area contributed by atoms with Crippen LogP contribution in [-0.2, 0) is 0 Å². The predicted molar refractivity (Wildman–Crippen MR) is 91.5 cm³/mol. The first-order chi connectivity index (χ1) is 11.1. The van der Waals surface area contributed by atoms with Crippen LogP contribution in [0.25, 0.3) is 17.0 Å². The zero-order chi connectivity index (χ0) is 16.4. The van der Waals surface area contributed by atoms with E-state index in [0.29, 0.717) is 5.75 Å². The molecule has 0 aliphatic carbocycles. The van der Waals surface area contributed by atoms with Gasteiger partial charge in [0, 0.05) is 16.3 Å². The lowest BCUT2D eigenvalue weighted by atomic mass is 10.0. The summed E-state index contributed by atoms with van der Waals surface area (Å²) in [5, 5.41) is 2.66. The van der Waals surface area contributed by atoms with Gasteiger partial charge < -0.3 is 9.15 Å². The molecule has 3 rings (SSSR count). The molecular weight excluding hydrogens is 312 g/mol. The van der Waals surface area contributed by atoms with E-state index in [4.69, 9.17) is 9.15 Å². The van der Waals surface area contributed by atoms with E-state index in [-0.39, 0.29) is 16.9 Å². The van der Waals surface area contributed by atoms with Crippen molar-refractivity contribution in [1.29, 1.82) is 0 Å². The molecule has 0 fully saturated rings. The van der Waals surface area contributed by atoms with Crippen LogP contribution in [0.4, 0.5) is 0 Å². The van der Waals surface area contributed by atoms with Gasteiger partial charge in [0.15, 0.2) is 11.4 Å². The standard InChI is InChI=1S/C18H14O4S/c1-11-10-16(20)22-18-13(11)6-8-15(21-2)17(18)14(19)7-5-12-4-3-9-23-12/h3-10H,1-2H3/b7-5+. The highest BCUT2D eigenvalue weighted by Gasteiger charge is 2.18. The number of aryl methyl sites for hydroxylation is 1. The average Bonchev–Trinajstić information content (AvgIpc) is 3.04. The summed E-state index contributed by atoms with van der Waals surface area (Å²) in [4.78, 5) is 25.3. The maximum absolute atomic E-state index is 12.6. The van der Waals surface area contributed by atoms with Crippen molar-refractivity contribution in [1.82, 2.24) is 0 Å². The molecule has 0 amide bonds. The highest BCUT2D eigenvalue weighted by Crippen LogP contribution is 2.29. The molecule has 3 aromatic rings. The Morgan fingerprint density at radius 1 is 1.30 bits per heavy atom. The molecule has 0 aliphatic rings. The van der Waals surface area contributed by atoms with E-state index in [0.717, 1.165) is 15.8 Å². The van der Waals surface area contributed by atoms with Crippen LogP contribution in [-0.4, -0.2) is 12.9 Å². The van der Waals surface area contributed by atoms with Crippen LogP contribution in [0.5, 0.6) is 5.75 Å². The fourth-order valence-electron chi connectivity index (χ4n) is 2.40. The number of thiophene rings is 1. The summed E-state index contributed by atoms with van der Waals surface area (Å²) >= 11 is 1.53. The molecule has 0 saturated carbocycles. The number of hydrogen-bond donors (Lipinski definition) is 0. The van der Waals surface area contributed by atoms with Crippen molar-refractivity contribution in [3.63, 3.8) is 0 Å². The van der Waals surface area contributed by atoms with Crippen molar-refractivity contribution in [2.24, 2.45) is 0 Å². The van der Waals surface area contributed by atoms with Crippen LogP contribution in [0.15, 0.2) is 51.0 Å². The number of allylic oxidation sites excluding steroid dienone is 1. The second-order valence-corrected chi connectivity index (χ2v) is 5.96. The molecule has 0 N–H and O–H groups in total. The molecule has 2 heterocycles. The van der Waals surface area contributed by atoms with E-state index in [9.17, 15) is 9.59 Å². The third-order valence-electron chi connectivity index (χ3n) is 3.49. The van der Waals surface area contributed by atoms with Gasteiger partial charge in [0.1, 0.15) is 11.3 Å². The minimum atomic E-state index is -0.487. The summed E-state index contributed by atoms with van der Waals surface area (Å²) in [6.07, 6.45) is 3.20. The number of benzene rings is 1. The van der Waals surface area contributed by atoms with Crippen LogP contribution in [0.3, 0.4) is 0 Å². The topological polar surface area (TPSA) is 56.5 Å². The first kappa shape index (κ1) is 15.2. The fraction of sp³-hybridized carbons (Fsp3) is 0.111. The molecule has 2 aromatic heterocycles. The molecule has 4 nitrogen and oxygen atoms in total. The molecule has 0 atom stereocenters. The van der Waals surface area contributed by atoms with Gasteiger partial charge in [0.2, 0.25) is 0 Å². The monoisotopic (exact) mass is 326 g/mol. The number of ether oxygens (including phenoxy) is 1. The van der Waals surface area contributed by atoms with Crippen molar-refractivity contribution in [2.75, 3.05) is 7.11 Å². The Hall–Kier alpha value is -2.66. The Kier molecular flexibility index (Phi) is 4.12. The van der Waals surface area contributed by atoms with Gasteiger partial charge in [-0.3, -0.25) is 4.79 Å². The van der Waals surface area contributed by atoms with Crippen molar-refractivity contribution >= 4 is 34.2 Å². The first-order valence-electron chi connectivity index (χ1n) is 6.97. The quantitative estimate of drug-likeness (QED) is 0.412. The molecular formula is C18H14O4S. The molecule has 0 saturated heterocycles. The van der Waals surface area contributed by atoms with Gasteiger partial charge in [-0.15, -0.1) is 11.3 Å². The molecule has 0 spiro atoms. The van der Waals surface area contributed by atoms with Gasteiger partial charge in [-0.2, -0.15) is 0 Å². The molecule has 23 heavy (non-hydrogen) atoms. The van der Waals surface area contributed by atoms with Gasteiger partial charge >= 0.3 is 5.63 Å². The number of methoxy groups -OCH3 is 1. The van der Waals surface area contributed by atoms with E-state index < -0.39 is 5.63 Å². The Morgan fingerprint density at radius 2 is 2.13 bits per heavy atom. The zero-order valence-electron chi connectivity index (χ0n) is 12.7. The van der Waals surface area contributed by atoms with Crippen LogP contribution in [0.1, 0.15) is 20.8 Å². The smallest absolute Gasteiger partial charge is 0.336 e. The number of fused-ring (bicyclic) bond motifs is 1. The SMILES string of the molecule is COc1ccc2c(C)cc(=O)oc2c1C(=O)/C=C/c1cccs1. The Morgan fingerprint density at radius 3 is 2.83 bits per heavy atom. The average molecular weight is 326 g/mol. The maximum Gasteiger partial charge on any atom is 0.336 e. The van der Waals surface area contributed by atoms with Gasteiger partial charge in [0.25, 0.3) is 0 Å². The van der Waals surface area contributed by atoms with E-state index >= 15 is 0 Å². The summed E-state index contributed by atoms with van der Waals surface area (Å²) in [7, 11) is 1.48. The lowest BCUT2D eigenvalue weighted by molar-refractivity contribution is 0.104. The summed E-state index contributed by atoms with van der Waals surface area (Å²) in [5.74, 6) is 0.113. The molecule has 5 heteroatoms. The number of rotatable bonds is 4. The normalized spacial score (nSPS) is 11.2. The van der Waals surface area contributed by atoms with E-state index in [1.165, 1.54) is 30.6 Å². The second kappa shape index (κ2) is 6.22. The van der Waals surface area contributed by atoms with Crippen LogP contribution in [0.2, 0.25) is 0 Å². The predicted octanol–water partition coefficient (Wildman–Crippen LogP) is 4.07. The highest BCUT2D eigenvalue weighted by molar-refractivity contribution is 7.10. The van der Waals surface area contributed by atoms with Crippen molar-refractivity contribution in [3.05, 3.63) is 68.2 Å². The number of carbonyl (C=O) groups excluding carboxylic acids is 1. The van der Waals surface area contributed by atoms with Crippen LogP contribution in [0, 0.1) is 6.92 Å². The maximum atomic E-state index is 12.6. The molecule has 116 valence electrons. The number of hydrogen-bond acceptors (Lipinski definition) is 5. The molecule has 0 bridgehead atoms. The number of carbonyl (C=O) groups is 1. The Bertz CT molecular complexity index is 949. The minimum Gasteiger partial charge on any atom is -0.496 e. The van der Waals surface area contributed by atoms with E-state index in [1.54, 1.807) is 18.2 Å². The zero-order valence-corrected chi connectivity index (χ0v) is 13.5. The van der Waals surface area contributed by atoms with Gasteiger partial charge in [-0.05, 0) is 48.2 Å². The largest absolute Gasteiger partial charge is 0.496 e. The van der Waals surface area contributed by atoms with E-state index in [2.05, 4.69) is 0 Å². The molecule has 0 unspecified atom stereocenters. The van der Waals surface area contributed by atoms with Crippen molar-refractivity contribution in [3.8, 4) is 5.75 Å². The first-order valence-corrected chi connectivity index (χ1v) is 7.85. The van der Waals surface area contributed by atoms with Crippen molar-refractivity contribution in [2.45, 2.75) is 6.92 Å². The third-order valence-corrected chi connectivity index (χ3v) is 4.33. The Labute approximate surface area is 136 Å². The van der Waals surface area contributed by atoms with Crippen molar-refractivity contribution < 1.29 is 13.9 Å². The summed E-state index contributed by atoms with van der Waals surface area (Å²) in [5.41, 5.74) is 0.795. The number of ketones is 1. The van der Waals surface area contributed by atoms with Gasteiger partial charge in [0.05, 0.1) is 7.11 Å². The highest BCUT2D eigenvalue weighted by atomic mass is 32.1. The molecule has 0 radical (unpaired) electrons. The lowest BCUT2D eigenvalue weighted by Crippen LogP contribution is -2.05. The fourth-order valence-corrected chi connectivity index (χ4v) is 3.01. The summed E-state index contributed by atoms with van der Waals surface area (Å²) in [6.45, 7) is 1.81. The molecule has 1 aromatic carbocycles. The lowest BCUT2D eigenvalue weighted by Gasteiger charge is -2.09. The second-order valence-electron chi connectivity index (χ2n) is 4.98. The minimum absolute atomic E-state index is 0.259. The van der Waals surface area contributed by atoms with Gasteiger partial charge in [-0.25, -0.2) is 4.79 Å². The summed E-state index contributed by atoms with van der Waals surface area (Å²) < 4.78 is 10.6. The molecule has 0 aliphatic heterocycles. The summed E-state index contributed by atoms with van der Waals surface area (Å²) in [6, 6.07) is 8.73. The van der Waals surface area contributed by atoms with Crippen LogP contribution < -0.4 is 10.4 Å². The van der Waals surface area contributed by atoms with Gasteiger partial charge in [-0.1, -0.05) is 6.07 Å².